The SMILES string of the molecule is O=C(N/C=C/c1ccccc1)Nc1c(Cl)cccc1Cl. The molecule has 0 bridgehead atoms. The lowest BCUT2D eigenvalue weighted by atomic mass is 10.2. The predicted octanol–water partition coefficient (Wildman–Crippen LogP) is 4.79. The van der Waals surface area contributed by atoms with Crippen LogP contribution in [0.5, 0.6) is 0 Å². The number of para-hydroxylation sites is 1. The highest BCUT2D eigenvalue weighted by Crippen LogP contribution is 2.29. The number of urea groups is 1. The van der Waals surface area contributed by atoms with Crippen LogP contribution in [0.3, 0.4) is 0 Å². The summed E-state index contributed by atoms with van der Waals surface area (Å²) in [4.78, 5) is 11.7. The molecule has 0 aromatic heterocycles. The van der Waals surface area contributed by atoms with Crippen LogP contribution in [0.4, 0.5) is 10.5 Å². The molecule has 5 heteroatoms. The van der Waals surface area contributed by atoms with Gasteiger partial charge < -0.3 is 10.6 Å². The lowest BCUT2D eigenvalue weighted by molar-refractivity contribution is 0.255. The molecule has 0 unspecified atom stereocenters. The second kappa shape index (κ2) is 6.98. The lowest BCUT2D eigenvalue weighted by Crippen LogP contribution is -2.24. The van der Waals surface area contributed by atoms with Gasteiger partial charge in [-0.15, -0.1) is 0 Å². The van der Waals surface area contributed by atoms with Gasteiger partial charge in [-0.25, -0.2) is 4.79 Å². The Morgan fingerprint density at radius 1 is 0.950 bits per heavy atom. The molecule has 2 aromatic rings. The second-order valence-corrected chi connectivity index (χ2v) is 4.75. The molecule has 0 radical (unpaired) electrons. The third-order valence-electron chi connectivity index (χ3n) is 2.49. The van der Waals surface area contributed by atoms with E-state index in [4.69, 9.17) is 23.2 Å². The number of hydrogen-bond acceptors (Lipinski definition) is 1. The zero-order chi connectivity index (χ0) is 14.4. The van der Waals surface area contributed by atoms with Crippen molar-refractivity contribution in [1.29, 1.82) is 0 Å². The number of amides is 2. The molecule has 3 nitrogen and oxygen atoms in total. The van der Waals surface area contributed by atoms with Crippen LogP contribution in [0, 0.1) is 0 Å². The minimum absolute atomic E-state index is 0.389. The van der Waals surface area contributed by atoms with E-state index in [2.05, 4.69) is 10.6 Å². The summed E-state index contributed by atoms with van der Waals surface area (Å²) in [5.74, 6) is 0. The van der Waals surface area contributed by atoms with Gasteiger partial charge in [0.1, 0.15) is 0 Å². The summed E-state index contributed by atoms with van der Waals surface area (Å²) in [7, 11) is 0. The van der Waals surface area contributed by atoms with Crippen LogP contribution in [0.1, 0.15) is 5.56 Å². The molecule has 20 heavy (non-hydrogen) atoms. The fraction of sp³-hybridized carbons (Fsp3) is 0. The van der Waals surface area contributed by atoms with Gasteiger partial charge in [0.25, 0.3) is 0 Å². The van der Waals surface area contributed by atoms with Gasteiger partial charge in [-0.2, -0.15) is 0 Å². The fourth-order valence-corrected chi connectivity index (χ4v) is 2.04. The van der Waals surface area contributed by atoms with Gasteiger partial charge in [-0.05, 0) is 23.8 Å². The summed E-state index contributed by atoms with van der Waals surface area (Å²) in [6.45, 7) is 0. The van der Waals surface area contributed by atoms with E-state index < -0.39 is 6.03 Å². The Balaban J connectivity index is 1.95. The van der Waals surface area contributed by atoms with Crippen LogP contribution in [-0.4, -0.2) is 6.03 Å². The highest BCUT2D eigenvalue weighted by Gasteiger charge is 2.07. The number of hydrogen-bond donors (Lipinski definition) is 2. The zero-order valence-electron chi connectivity index (χ0n) is 10.4. The van der Waals surface area contributed by atoms with Crippen molar-refractivity contribution in [3.8, 4) is 0 Å². The van der Waals surface area contributed by atoms with Crippen molar-refractivity contribution in [3.05, 3.63) is 70.3 Å². The molecular weight excluding hydrogens is 295 g/mol. The number of carbonyl (C=O) groups is 1. The Kier molecular flexibility index (Phi) is 5.04. The van der Waals surface area contributed by atoms with Crippen LogP contribution < -0.4 is 10.6 Å². The topological polar surface area (TPSA) is 41.1 Å². The number of anilines is 1. The van der Waals surface area contributed by atoms with Crippen LogP contribution in [0.2, 0.25) is 10.0 Å². The molecular formula is C15H12Cl2N2O. The van der Waals surface area contributed by atoms with Crippen LogP contribution >= 0.6 is 23.2 Å². The van der Waals surface area contributed by atoms with Gasteiger partial charge in [0, 0.05) is 6.20 Å². The number of halogens is 2. The van der Waals surface area contributed by atoms with Crippen molar-refractivity contribution in [1.82, 2.24) is 5.32 Å². The number of benzene rings is 2. The molecule has 2 aromatic carbocycles. The molecule has 0 aliphatic heterocycles. The molecule has 2 N–H and O–H groups in total. The van der Waals surface area contributed by atoms with E-state index in [0.29, 0.717) is 15.7 Å². The first kappa shape index (κ1) is 14.4. The Morgan fingerprint density at radius 3 is 2.25 bits per heavy atom. The molecule has 102 valence electrons. The number of carbonyl (C=O) groups excluding carboxylic acids is 1. The van der Waals surface area contributed by atoms with Crippen molar-refractivity contribution < 1.29 is 4.79 Å². The summed E-state index contributed by atoms with van der Waals surface area (Å²) >= 11 is 11.9. The van der Waals surface area contributed by atoms with E-state index >= 15 is 0 Å². The van der Waals surface area contributed by atoms with Crippen molar-refractivity contribution in [2.45, 2.75) is 0 Å². The summed E-state index contributed by atoms with van der Waals surface area (Å²) in [6, 6.07) is 14.2. The standard InChI is InChI=1S/C15H12Cl2N2O/c16-12-7-4-8-13(17)14(12)19-15(20)18-10-9-11-5-2-1-3-6-11/h1-10H,(H2,18,19,20)/b10-9+. The second-order valence-electron chi connectivity index (χ2n) is 3.94. The molecule has 0 aliphatic carbocycles. The minimum Gasteiger partial charge on any atom is -0.314 e. The van der Waals surface area contributed by atoms with E-state index in [9.17, 15) is 4.79 Å². The van der Waals surface area contributed by atoms with Crippen LogP contribution in [0.25, 0.3) is 6.08 Å². The number of nitrogens with one attached hydrogen (secondary N) is 2. The Hall–Kier alpha value is -1.97. The van der Waals surface area contributed by atoms with Gasteiger partial charge >= 0.3 is 6.03 Å². The zero-order valence-corrected chi connectivity index (χ0v) is 11.9. The van der Waals surface area contributed by atoms with Gasteiger partial charge in [0.05, 0.1) is 15.7 Å². The maximum atomic E-state index is 11.7. The number of rotatable bonds is 3. The fourth-order valence-electron chi connectivity index (χ4n) is 1.54. The molecule has 0 aliphatic rings. The summed E-state index contributed by atoms with van der Waals surface area (Å²) in [5.41, 5.74) is 1.38. The molecule has 0 heterocycles. The first-order chi connectivity index (χ1) is 9.66. The monoisotopic (exact) mass is 306 g/mol. The highest BCUT2D eigenvalue weighted by molar-refractivity contribution is 6.39. The Bertz CT molecular complexity index is 607. The average molecular weight is 307 g/mol. The van der Waals surface area contributed by atoms with Crippen LogP contribution in [0.15, 0.2) is 54.7 Å². The lowest BCUT2D eigenvalue weighted by Gasteiger charge is -2.08. The van der Waals surface area contributed by atoms with E-state index in [1.54, 1.807) is 30.5 Å². The van der Waals surface area contributed by atoms with Crippen LogP contribution in [-0.2, 0) is 0 Å². The molecule has 0 saturated heterocycles. The van der Waals surface area contributed by atoms with Crippen molar-refractivity contribution in [2.24, 2.45) is 0 Å². The highest BCUT2D eigenvalue weighted by atomic mass is 35.5. The molecule has 0 spiro atoms. The predicted molar refractivity (Wildman–Crippen MR) is 84.1 cm³/mol. The Morgan fingerprint density at radius 2 is 1.60 bits per heavy atom. The maximum Gasteiger partial charge on any atom is 0.323 e. The van der Waals surface area contributed by atoms with Gasteiger partial charge in [0.2, 0.25) is 0 Å². The molecule has 0 atom stereocenters. The van der Waals surface area contributed by atoms with E-state index in [0.717, 1.165) is 5.56 Å². The third kappa shape index (κ3) is 4.02. The molecule has 0 fully saturated rings. The summed E-state index contributed by atoms with van der Waals surface area (Å²) in [5, 5.41) is 5.96. The largest absolute Gasteiger partial charge is 0.323 e. The first-order valence-corrected chi connectivity index (χ1v) is 6.65. The van der Waals surface area contributed by atoms with Gasteiger partial charge in [0.15, 0.2) is 0 Å². The van der Waals surface area contributed by atoms with Crippen molar-refractivity contribution in [2.75, 3.05) is 5.32 Å². The third-order valence-corrected chi connectivity index (χ3v) is 3.12. The summed E-state index contributed by atoms with van der Waals surface area (Å²) < 4.78 is 0. The molecule has 2 amide bonds. The average Bonchev–Trinajstić information content (AvgIpc) is 2.44. The quantitative estimate of drug-likeness (QED) is 0.841. The maximum absolute atomic E-state index is 11.7. The normalized spacial score (nSPS) is 10.5. The molecule has 2 rings (SSSR count). The summed E-state index contributed by atoms with van der Waals surface area (Å²) in [6.07, 6.45) is 3.34. The van der Waals surface area contributed by atoms with Gasteiger partial charge in [-0.3, -0.25) is 0 Å². The molecule has 0 saturated carbocycles. The minimum atomic E-state index is -0.410. The van der Waals surface area contributed by atoms with E-state index in [1.807, 2.05) is 30.3 Å². The smallest absolute Gasteiger partial charge is 0.314 e. The van der Waals surface area contributed by atoms with E-state index in [1.165, 1.54) is 0 Å². The Labute approximate surface area is 127 Å². The van der Waals surface area contributed by atoms with Gasteiger partial charge in [-0.1, -0.05) is 59.6 Å². The van der Waals surface area contributed by atoms with E-state index in [-0.39, 0.29) is 0 Å². The first-order valence-electron chi connectivity index (χ1n) is 5.90. The van der Waals surface area contributed by atoms with Crippen molar-refractivity contribution in [3.63, 3.8) is 0 Å². The van der Waals surface area contributed by atoms with Crippen molar-refractivity contribution >= 4 is 41.0 Å².